The average molecular weight is 530 g/mol. The van der Waals surface area contributed by atoms with Gasteiger partial charge in [0.25, 0.3) is 0 Å². The van der Waals surface area contributed by atoms with Gasteiger partial charge in [-0.3, -0.25) is 9.89 Å². The SMILES string of the molecule is CCNC(=NCC(C)N1CCN(CC)CC1)N1CCOC(c2ccccc2C)C1.I. The lowest BCUT2D eigenvalue weighted by atomic mass is 10.0. The number of likely N-dealkylation sites (N-methyl/N-ethyl adjacent to an activating group) is 1. The molecular formula is C23H40IN5O. The van der Waals surface area contributed by atoms with E-state index in [-0.39, 0.29) is 30.1 Å². The summed E-state index contributed by atoms with van der Waals surface area (Å²) in [6, 6.07) is 9.01. The lowest BCUT2D eigenvalue weighted by molar-refractivity contribution is -0.00838. The van der Waals surface area contributed by atoms with Crippen molar-refractivity contribution in [2.75, 3.05) is 65.5 Å². The van der Waals surface area contributed by atoms with Gasteiger partial charge in [0.1, 0.15) is 6.10 Å². The first-order chi connectivity index (χ1) is 14.1. The number of nitrogens with one attached hydrogen (secondary N) is 1. The summed E-state index contributed by atoms with van der Waals surface area (Å²) in [5.74, 6) is 1.02. The molecule has 2 aliphatic rings. The van der Waals surface area contributed by atoms with Crippen molar-refractivity contribution >= 4 is 29.9 Å². The maximum Gasteiger partial charge on any atom is 0.194 e. The molecule has 2 saturated heterocycles. The van der Waals surface area contributed by atoms with Crippen LogP contribution in [0.2, 0.25) is 0 Å². The molecule has 2 heterocycles. The summed E-state index contributed by atoms with van der Waals surface area (Å²) in [5.41, 5.74) is 2.58. The van der Waals surface area contributed by atoms with Crippen molar-refractivity contribution in [3.8, 4) is 0 Å². The van der Waals surface area contributed by atoms with E-state index >= 15 is 0 Å². The van der Waals surface area contributed by atoms with Crippen molar-refractivity contribution in [1.82, 2.24) is 20.0 Å². The Balaban J connectivity index is 0.00000320. The lowest BCUT2D eigenvalue weighted by Gasteiger charge is -2.38. The Bertz CT molecular complexity index is 663. The maximum atomic E-state index is 6.11. The number of halogens is 1. The molecule has 0 bridgehead atoms. The Kier molecular flexibility index (Phi) is 10.8. The van der Waals surface area contributed by atoms with Gasteiger partial charge in [0.05, 0.1) is 19.7 Å². The molecule has 2 aliphatic heterocycles. The van der Waals surface area contributed by atoms with E-state index < -0.39 is 0 Å². The van der Waals surface area contributed by atoms with Crippen LogP contribution in [0, 0.1) is 6.92 Å². The smallest absolute Gasteiger partial charge is 0.194 e. The van der Waals surface area contributed by atoms with E-state index in [9.17, 15) is 0 Å². The normalized spacial score (nSPS) is 22.5. The largest absolute Gasteiger partial charge is 0.370 e. The molecule has 30 heavy (non-hydrogen) atoms. The predicted molar refractivity (Wildman–Crippen MR) is 136 cm³/mol. The number of piperazine rings is 1. The molecule has 0 radical (unpaired) electrons. The zero-order valence-electron chi connectivity index (χ0n) is 19.1. The van der Waals surface area contributed by atoms with Crippen molar-refractivity contribution in [3.63, 3.8) is 0 Å². The van der Waals surface area contributed by atoms with Crippen LogP contribution in [0.25, 0.3) is 0 Å². The van der Waals surface area contributed by atoms with Gasteiger partial charge in [-0.15, -0.1) is 24.0 Å². The van der Waals surface area contributed by atoms with E-state index in [0.29, 0.717) is 6.04 Å². The quantitative estimate of drug-likeness (QED) is 0.349. The van der Waals surface area contributed by atoms with Gasteiger partial charge in [-0.25, -0.2) is 0 Å². The number of hydrogen-bond acceptors (Lipinski definition) is 4. The molecule has 0 spiro atoms. The number of aryl methyl sites for hydroxylation is 1. The van der Waals surface area contributed by atoms with Crippen LogP contribution >= 0.6 is 24.0 Å². The molecule has 2 atom stereocenters. The monoisotopic (exact) mass is 529 g/mol. The van der Waals surface area contributed by atoms with Crippen molar-refractivity contribution in [2.45, 2.75) is 39.8 Å². The van der Waals surface area contributed by atoms with Gasteiger partial charge in [-0.2, -0.15) is 0 Å². The van der Waals surface area contributed by atoms with Crippen LogP contribution in [0.4, 0.5) is 0 Å². The third-order valence-corrected chi connectivity index (χ3v) is 6.22. The molecule has 0 aromatic heterocycles. The number of ether oxygens (including phenoxy) is 1. The Morgan fingerprint density at radius 3 is 2.57 bits per heavy atom. The third kappa shape index (κ3) is 6.80. The summed E-state index contributed by atoms with van der Waals surface area (Å²) in [6.07, 6.45) is 0.105. The molecule has 1 N–H and O–H groups in total. The van der Waals surface area contributed by atoms with E-state index in [1.165, 1.54) is 24.2 Å². The molecule has 1 aromatic carbocycles. The highest BCUT2D eigenvalue weighted by molar-refractivity contribution is 14.0. The molecule has 2 fully saturated rings. The van der Waals surface area contributed by atoms with Gasteiger partial charge in [0, 0.05) is 45.3 Å². The first kappa shape index (κ1) is 25.4. The molecule has 1 aromatic rings. The fourth-order valence-electron chi connectivity index (χ4n) is 4.26. The summed E-state index contributed by atoms with van der Waals surface area (Å²) in [6.45, 7) is 18.8. The minimum absolute atomic E-state index is 0. The zero-order chi connectivity index (χ0) is 20.6. The molecule has 0 saturated carbocycles. The van der Waals surface area contributed by atoms with E-state index in [1.807, 2.05) is 0 Å². The van der Waals surface area contributed by atoms with Crippen LogP contribution in [0.3, 0.4) is 0 Å². The number of morpholine rings is 1. The fourth-order valence-corrected chi connectivity index (χ4v) is 4.26. The van der Waals surface area contributed by atoms with E-state index in [0.717, 1.165) is 58.4 Å². The van der Waals surface area contributed by atoms with Crippen molar-refractivity contribution in [2.24, 2.45) is 4.99 Å². The molecule has 170 valence electrons. The van der Waals surface area contributed by atoms with Gasteiger partial charge < -0.3 is 19.9 Å². The number of rotatable bonds is 6. The summed E-state index contributed by atoms with van der Waals surface area (Å²) in [5, 5.41) is 3.51. The van der Waals surface area contributed by atoms with Gasteiger partial charge >= 0.3 is 0 Å². The highest BCUT2D eigenvalue weighted by Crippen LogP contribution is 2.25. The highest BCUT2D eigenvalue weighted by atomic mass is 127. The third-order valence-electron chi connectivity index (χ3n) is 6.22. The molecule has 2 unspecified atom stereocenters. The second-order valence-electron chi connectivity index (χ2n) is 8.18. The lowest BCUT2D eigenvalue weighted by Crippen LogP contribution is -2.51. The standard InChI is InChI=1S/C23H39N5O.HI/c1-5-24-23(25-17-20(4)27-13-11-26(6-2)12-14-27)28-15-16-29-22(18-28)21-10-8-7-9-19(21)3;/h7-10,20,22H,5-6,11-18H2,1-4H3,(H,24,25);1H. The second-order valence-corrected chi connectivity index (χ2v) is 8.18. The van der Waals surface area contributed by atoms with E-state index in [1.54, 1.807) is 0 Å². The molecule has 0 amide bonds. The fraction of sp³-hybridized carbons (Fsp3) is 0.696. The zero-order valence-corrected chi connectivity index (χ0v) is 21.5. The van der Waals surface area contributed by atoms with E-state index in [2.05, 4.69) is 72.0 Å². The Morgan fingerprint density at radius 2 is 1.90 bits per heavy atom. The van der Waals surface area contributed by atoms with Crippen LogP contribution in [-0.4, -0.2) is 92.2 Å². The summed E-state index contributed by atoms with van der Waals surface area (Å²) in [4.78, 5) is 12.5. The molecule has 0 aliphatic carbocycles. The molecule has 3 rings (SSSR count). The van der Waals surface area contributed by atoms with Gasteiger partial charge in [0.2, 0.25) is 0 Å². The van der Waals surface area contributed by atoms with Gasteiger partial charge in [-0.05, 0) is 38.4 Å². The van der Waals surface area contributed by atoms with Crippen LogP contribution in [0.15, 0.2) is 29.3 Å². The molecular weight excluding hydrogens is 489 g/mol. The highest BCUT2D eigenvalue weighted by Gasteiger charge is 2.26. The van der Waals surface area contributed by atoms with Crippen LogP contribution < -0.4 is 5.32 Å². The number of benzene rings is 1. The summed E-state index contributed by atoms with van der Waals surface area (Å²) < 4.78 is 6.11. The number of aliphatic imine (C=N–C) groups is 1. The minimum Gasteiger partial charge on any atom is -0.370 e. The van der Waals surface area contributed by atoms with Gasteiger partial charge in [0.15, 0.2) is 5.96 Å². The topological polar surface area (TPSA) is 43.3 Å². The minimum atomic E-state index is 0. The van der Waals surface area contributed by atoms with Crippen LogP contribution in [-0.2, 0) is 4.74 Å². The predicted octanol–water partition coefficient (Wildman–Crippen LogP) is 2.98. The van der Waals surface area contributed by atoms with Crippen LogP contribution in [0.1, 0.15) is 38.0 Å². The van der Waals surface area contributed by atoms with Crippen molar-refractivity contribution in [1.29, 1.82) is 0 Å². The second kappa shape index (κ2) is 12.8. The van der Waals surface area contributed by atoms with Crippen molar-refractivity contribution < 1.29 is 4.74 Å². The van der Waals surface area contributed by atoms with Gasteiger partial charge in [-0.1, -0.05) is 31.2 Å². The van der Waals surface area contributed by atoms with E-state index in [4.69, 9.17) is 9.73 Å². The first-order valence-corrected chi connectivity index (χ1v) is 11.3. The van der Waals surface area contributed by atoms with Crippen LogP contribution in [0.5, 0.6) is 0 Å². The average Bonchev–Trinajstić information content (AvgIpc) is 2.77. The molecule has 6 nitrogen and oxygen atoms in total. The summed E-state index contributed by atoms with van der Waals surface area (Å²) in [7, 11) is 0. The number of guanidine groups is 1. The number of nitrogens with zero attached hydrogens (tertiary/aromatic N) is 4. The Hall–Kier alpha value is -0.900. The maximum absolute atomic E-state index is 6.11. The number of hydrogen-bond donors (Lipinski definition) is 1. The van der Waals surface area contributed by atoms with Crippen molar-refractivity contribution in [3.05, 3.63) is 35.4 Å². The summed E-state index contributed by atoms with van der Waals surface area (Å²) >= 11 is 0. The Morgan fingerprint density at radius 1 is 1.17 bits per heavy atom. The first-order valence-electron chi connectivity index (χ1n) is 11.3. The Labute approximate surface area is 200 Å². The molecule has 7 heteroatoms.